The Labute approximate surface area is 244 Å². The van der Waals surface area contributed by atoms with E-state index < -0.39 is 35.4 Å². The van der Waals surface area contributed by atoms with Crippen molar-refractivity contribution in [3.05, 3.63) is 82.7 Å². The van der Waals surface area contributed by atoms with Crippen LogP contribution in [0.15, 0.2) is 49.1 Å². The fourth-order valence-corrected chi connectivity index (χ4v) is 3.38. The van der Waals surface area contributed by atoms with E-state index in [1.807, 2.05) is 0 Å². The van der Waals surface area contributed by atoms with Crippen LogP contribution in [0.25, 0.3) is 0 Å². The largest absolute Gasteiger partial charge is 0.478 e. The van der Waals surface area contributed by atoms with E-state index in [4.69, 9.17) is 19.3 Å². The Morgan fingerprint density at radius 3 is 1.55 bits per heavy atom. The predicted molar refractivity (Wildman–Crippen MR) is 136 cm³/mol. The zero-order valence-corrected chi connectivity index (χ0v) is 23.2. The van der Waals surface area contributed by atoms with E-state index in [0.29, 0.717) is 18.1 Å². The number of carboxylic acid groups (broad SMARTS) is 1. The molecular weight excluding hydrogens is 606 g/mol. The van der Waals surface area contributed by atoms with Crippen molar-refractivity contribution in [1.29, 1.82) is 0 Å². The zero-order valence-electron chi connectivity index (χ0n) is 23.2. The molecule has 12 nitrogen and oxygen atoms in total. The van der Waals surface area contributed by atoms with Crippen molar-refractivity contribution in [2.24, 2.45) is 14.1 Å². The number of carbonyl (C=O) groups excluding carboxylic acids is 1. The number of hydrogen-bond donors (Lipinski definition) is 1. The van der Waals surface area contributed by atoms with Gasteiger partial charge >= 0.3 is 24.3 Å². The quantitative estimate of drug-likeness (QED) is 0.204. The number of ether oxygens (including phenoxy) is 3. The average molecular weight is 631 g/mol. The number of alkyl halides is 6. The molecule has 4 aromatic heterocycles. The maximum absolute atomic E-state index is 12.5. The molecule has 4 rings (SSSR count). The van der Waals surface area contributed by atoms with Crippen LogP contribution in [0.5, 0.6) is 11.8 Å². The summed E-state index contributed by atoms with van der Waals surface area (Å²) in [6.45, 7) is 1.64. The molecule has 0 bridgehead atoms. The Hall–Kier alpha value is -5.16. The van der Waals surface area contributed by atoms with Gasteiger partial charge in [-0.05, 0) is 19.1 Å². The van der Waals surface area contributed by atoms with Crippen LogP contribution in [0.4, 0.5) is 26.3 Å². The van der Waals surface area contributed by atoms with E-state index in [0.717, 1.165) is 24.3 Å². The Bertz CT molecular complexity index is 1570. The van der Waals surface area contributed by atoms with Crippen molar-refractivity contribution < 1.29 is 55.2 Å². The second-order valence-electron chi connectivity index (χ2n) is 8.63. The van der Waals surface area contributed by atoms with Gasteiger partial charge in [0.1, 0.15) is 24.3 Å². The molecule has 0 fully saturated rings. The van der Waals surface area contributed by atoms with Crippen LogP contribution in [-0.4, -0.2) is 53.2 Å². The number of aryl methyl sites for hydroxylation is 2. The number of carbonyl (C=O) groups is 2. The van der Waals surface area contributed by atoms with Crippen LogP contribution >= 0.6 is 0 Å². The number of hydrogen-bond acceptors (Lipinski definition) is 9. The van der Waals surface area contributed by atoms with Crippen molar-refractivity contribution in [1.82, 2.24) is 29.5 Å². The Morgan fingerprint density at radius 1 is 0.750 bits per heavy atom. The van der Waals surface area contributed by atoms with Crippen LogP contribution in [-0.2, 0) is 44.4 Å². The Balaban J connectivity index is 0.000000241. The molecule has 0 amide bonds. The first-order valence-corrected chi connectivity index (χ1v) is 12.4. The molecule has 0 spiro atoms. The summed E-state index contributed by atoms with van der Waals surface area (Å²) in [6, 6.07) is 3.89. The number of pyridine rings is 2. The average Bonchev–Trinajstić information content (AvgIpc) is 3.52. The number of aromatic nitrogens is 6. The Kier molecular flexibility index (Phi) is 10.5. The minimum Gasteiger partial charge on any atom is -0.478 e. The van der Waals surface area contributed by atoms with E-state index in [-0.39, 0.29) is 48.4 Å². The highest BCUT2D eigenvalue weighted by Gasteiger charge is 2.31. The molecule has 4 heterocycles. The lowest BCUT2D eigenvalue weighted by atomic mass is 10.2. The molecule has 0 aliphatic rings. The molecule has 1 N–H and O–H groups in total. The van der Waals surface area contributed by atoms with Crippen molar-refractivity contribution in [2.75, 3.05) is 6.61 Å². The Morgan fingerprint density at radius 2 is 1.18 bits per heavy atom. The summed E-state index contributed by atoms with van der Waals surface area (Å²) in [6.07, 6.45) is -5.08. The maximum atomic E-state index is 12.5. The molecule has 0 aliphatic carbocycles. The first-order valence-electron chi connectivity index (χ1n) is 12.4. The van der Waals surface area contributed by atoms with Gasteiger partial charge in [0.15, 0.2) is 0 Å². The van der Waals surface area contributed by atoms with E-state index in [9.17, 15) is 35.9 Å². The molecular formula is C26H24F6N6O6. The summed E-state index contributed by atoms with van der Waals surface area (Å²) < 4.78 is 92.6. The molecule has 0 atom stereocenters. The van der Waals surface area contributed by atoms with Gasteiger partial charge in [0.2, 0.25) is 11.8 Å². The highest BCUT2D eigenvalue weighted by atomic mass is 19.4. The van der Waals surface area contributed by atoms with Gasteiger partial charge in [-0.25, -0.2) is 19.6 Å². The summed E-state index contributed by atoms with van der Waals surface area (Å²) in [7, 11) is 3.15. The number of aromatic carboxylic acids is 1. The van der Waals surface area contributed by atoms with E-state index in [2.05, 4.69) is 20.2 Å². The fraction of sp³-hybridized carbons (Fsp3) is 0.308. The van der Waals surface area contributed by atoms with Crippen LogP contribution in [0.1, 0.15) is 50.2 Å². The van der Waals surface area contributed by atoms with Crippen molar-refractivity contribution in [3.8, 4) is 11.8 Å². The molecule has 0 unspecified atom stereocenters. The monoisotopic (exact) mass is 630 g/mol. The SMILES string of the molecule is CCOC(=O)c1cnn(C)c1COc1ccc(C(F)(F)F)cn1.Cn1ncc(C(=O)O)c1COc1ccc(C(F)(F)F)cn1. The fourth-order valence-electron chi connectivity index (χ4n) is 3.38. The van der Waals surface area contributed by atoms with Gasteiger partial charge in [-0.1, -0.05) is 0 Å². The van der Waals surface area contributed by atoms with Crippen molar-refractivity contribution in [2.45, 2.75) is 32.5 Å². The van der Waals surface area contributed by atoms with E-state index >= 15 is 0 Å². The summed E-state index contributed by atoms with van der Waals surface area (Å²) >= 11 is 0. The number of nitrogens with zero attached hydrogens (tertiary/aromatic N) is 6. The van der Waals surface area contributed by atoms with Crippen LogP contribution < -0.4 is 9.47 Å². The molecule has 18 heteroatoms. The normalized spacial score (nSPS) is 11.4. The van der Waals surface area contributed by atoms with E-state index in [1.165, 1.54) is 28.8 Å². The molecule has 0 radical (unpaired) electrons. The molecule has 44 heavy (non-hydrogen) atoms. The smallest absolute Gasteiger partial charge is 0.417 e. The number of halogens is 6. The molecule has 0 aromatic carbocycles. The van der Waals surface area contributed by atoms with Crippen LogP contribution in [0.3, 0.4) is 0 Å². The first-order chi connectivity index (χ1) is 20.6. The third-order valence-corrected chi connectivity index (χ3v) is 5.69. The van der Waals surface area contributed by atoms with Gasteiger partial charge in [0, 0.05) is 38.6 Å². The van der Waals surface area contributed by atoms with E-state index in [1.54, 1.807) is 14.0 Å². The molecule has 0 aliphatic heterocycles. The lowest BCUT2D eigenvalue weighted by Crippen LogP contribution is -2.12. The number of carboxylic acids is 1. The highest BCUT2D eigenvalue weighted by Crippen LogP contribution is 2.30. The highest BCUT2D eigenvalue weighted by molar-refractivity contribution is 5.90. The summed E-state index contributed by atoms with van der Waals surface area (Å²) in [5.74, 6) is -1.74. The standard InChI is InChI=1S/C14H14F3N3O3.C12H10F3N3O3/c1-3-22-13(21)10-7-19-20(2)11(10)8-23-12-5-4-9(6-18-12)14(15,16)17;1-18-9(8(5-17-18)11(19)20)6-21-10-3-2-7(4-16-10)12(13,14)15/h4-7H,3,8H2,1-2H3;2-5H,6H2,1H3,(H,19,20). The van der Waals surface area contributed by atoms with Gasteiger partial charge in [0.05, 0.1) is 41.5 Å². The zero-order chi connectivity index (χ0) is 32.7. The van der Waals surface area contributed by atoms with Gasteiger partial charge in [0.25, 0.3) is 0 Å². The molecule has 4 aromatic rings. The lowest BCUT2D eigenvalue weighted by molar-refractivity contribution is -0.138. The number of rotatable bonds is 9. The summed E-state index contributed by atoms with van der Waals surface area (Å²) in [5, 5.41) is 16.7. The van der Waals surface area contributed by atoms with Gasteiger partial charge in [-0.2, -0.15) is 36.5 Å². The molecule has 236 valence electrons. The maximum Gasteiger partial charge on any atom is 0.417 e. The van der Waals surface area contributed by atoms with Crippen molar-refractivity contribution >= 4 is 11.9 Å². The van der Waals surface area contributed by atoms with Crippen molar-refractivity contribution in [3.63, 3.8) is 0 Å². The number of esters is 1. The third kappa shape index (κ3) is 8.68. The van der Waals surface area contributed by atoms with Gasteiger partial charge < -0.3 is 19.3 Å². The summed E-state index contributed by atoms with van der Waals surface area (Å²) in [5.41, 5.74) is -0.834. The lowest BCUT2D eigenvalue weighted by Gasteiger charge is -2.09. The topological polar surface area (TPSA) is 143 Å². The third-order valence-electron chi connectivity index (χ3n) is 5.69. The summed E-state index contributed by atoms with van der Waals surface area (Å²) in [4.78, 5) is 29.9. The minimum atomic E-state index is -4.47. The van der Waals surface area contributed by atoms with Crippen LogP contribution in [0, 0.1) is 0 Å². The first kappa shape index (κ1) is 33.3. The predicted octanol–water partition coefficient (Wildman–Crippen LogP) is 4.70. The van der Waals surface area contributed by atoms with Gasteiger partial charge in [-0.3, -0.25) is 9.36 Å². The molecule has 0 saturated carbocycles. The molecule has 0 saturated heterocycles. The minimum absolute atomic E-state index is 0.00834. The van der Waals surface area contributed by atoms with Crippen LogP contribution in [0.2, 0.25) is 0 Å². The van der Waals surface area contributed by atoms with Gasteiger partial charge in [-0.15, -0.1) is 0 Å². The second kappa shape index (κ2) is 13.9. The second-order valence-corrected chi connectivity index (χ2v) is 8.63.